The Bertz CT molecular complexity index is 782. The second-order valence-electron chi connectivity index (χ2n) is 5.82. The molecule has 0 radical (unpaired) electrons. The molecule has 2 rings (SSSR count). The summed E-state index contributed by atoms with van der Waals surface area (Å²) in [5.74, 6) is 0.692. The van der Waals surface area contributed by atoms with Crippen LogP contribution >= 0.6 is 0 Å². The maximum Gasteiger partial charge on any atom is 0.262 e. The summed E-state index contributed by atoms with van der Waals surface area (Å²) in [5.41, 5.74) is 0.990. The normalized spacial score (nSPS) is 10.3. The van der Waals surface area contributed by atoms with Crippen molar-refractivity contribution in [2.24, 2.45) is 0 Å². The number of nitrogens with zero attached hydrogens (tertiary/aromatic N) is 2. The van der Waals surface area contributed by atoms with Crippen LogP contribution in [0.5, 0.6) is 11.5 Å². The van der Waals surface area contributed by atoms with Gasteiger partial charge in [-0.3, -0.25) is 4.79 Å². The van der Waals surface area contributed by atoms with Crippen LogP contribution in [0.3, 0.4) is 0 Å². The van der Waals surface area contributed by atoms with Gasteiger partial charge in [-0.05, 0) is 37.4 Å². The zero-order valence-corrected chi connectivity index (χ0v) is 15.8. The van der Waals surface area contributed by atoms with Crippen LogP contribution in [0.4, 0.5) is 5.69 Å². The van der Waals surface area contributed by atoms with Crippen molar-refractivity contribution < 1.29 is 14.3 Å². The number of hydrogen-bond donors (Lipinski definition) is 1. The second kappa shape index (κ2) is 10.8. The minimum atomic E-state index is -0.317. The molecule has 0 fully saturated rings. The van der Waals surface area contributed by atoms with Crippen LogP contribution in [-0.2, 0) is 4.79 Å². The number of rotatable bonds is 10. The Kier molecular flexibility index (Phi) is 8.14. The van der Waals surface area contributed by atoms with E-state index >= 15 is 0 Å². The molecule has 0 atom stereocenters. The van der Waals surface area contributed by atoms with Crippen molar-refractivity contribution in [2.75, 3.05) is 38.2 Å². The summed E-state index contributed by atoms with van der Waals surface area (Å²) in [5, 5.41) is 11.9. The van der Waals surface area contributed by atoms with Gasteiger partial charge in [0.2, 0.25) is 0 Å². The van der Waals surface area contributed by atoms with Gasteiger partial charge in [0.15, 0.2) is 6.61 Å². The van der Waals surface area contributed by atoms with Crippen LogP contribution in [0.1, 0.15) is 19.4 Å². The summed E-state index contributed by atoms with van der Waals surface area (Å²) in [4.78, 5) is 14.5. The average molecular weight is 367 g/mol. The molecule has 6 heteroatoms. The fourth-order valence-electron chi connectivity index (χ4n) is 2.53. The molecule has 2 aromatic rings. The molecule has 6 nitrogen and oxygen atoms in total. The molecule has 2 aromatic carbocycles. The summed E-state index contributed by atoms with van der Waals surface area (Å²) in [7, 11) is 0. The van der Waals surface area contributed by atoms with E-state index in [-0.39, 0.29) is 12.5 Å². The lowest BCUT2D eigenvalue weighted by Crippen LogP contribution is -2.28. The van der Waals surface area contributed by atoms with Gasteiger partial charge in [0.25, 0.3) is 5.91 Å². The minimum absolute atomic E-state index is 0.188. The van der Waals surface area contributed by atoms with Gasteiger partial charge < -0.3 is 19.7 Å². The van der Waals surface area contributed by atoms with Gasteiger partial charge in [0.1, 0.15) is 24.2 Å². The van der Waals surface area contributed by atoms with Gasteiger partial charge in [0.05, 0.1) is 11.3 Å². The van der Waals surface area contributed by atoms with Crippen molar-refractivity contribution in [3.05, 3.63) is 54.1 Å². The average Bonchev–Trinajstić information content (AvgIpc) is 2.71. The summed E-state index contributed by atoms with van der Waals surface area (Å²) in [6, 6.07) is 16.2. The van der Waals surface area contributed by atoms with Crippen LogP contribution in [0.2, 0.25) is 0 Å². The van der Waals surface area contributed by atoms with Crippen LogP contribution in [0.15, 0.2) is 48.5 Å². The van der Waals surface area contributed by atoms with Crippen LogP contribution < -0.4 is 14.8 Å². The first kappa shape index (κ1) is 20.3. The van der Waals surface area contributed by atoms with E-state index in [2.05, 4.69) is 24.1 Å². The SMILES string of the molecule is CCN(CC)CCOc1ccccc1NC(=O)COc1ccccc1C#N. The number of hydrogen-bond acceptors (Lipinski definition) is 5. The number of amides is 1. The highest BCUT2D eigenvalue weighted by molar-refractivity contribution is 5.93. The second-order valence-corrected chi connectivity index (χ2v) is 5.82. The molecule has 0 heterocycles. The Balaban J connectivity index is 1.91. The first-order chi connectivity index (χ1) is 13.2. The Morgan fingerprint density at radius 2 is 1.70 bits per heavy atom. The maximum absolute atomic E-state index is 12.2. The highest BCUT2D eigenvalue weighted by atomic mass is 16.5. The summed E-state index contributed by atoms with van der Waals surface area (Å²) < 4.78 is 11.3. The number of para-hydroxylation sites is 3. The van der Waals surface area contributed by atoms with Gasteiger partial charge >= 0.3 is 0 Å². The minimum Gasteiger partial charge on any atom is -0.490 e. The van der Waals surface area contributed by atoms with E-state index in [0.717, 1.165) is 19.6 Å². The van der Waals surface area contributed by atoms with Crippen LogP contribution in [-0.4, -0.2) is 43.7 Å². The number of anilines is 1. The van der Waals surface area contributed by atoms with Crippen LogP contribution in [0, 0.1) is 11.3 Å². The van der Waals surface area contributed by atoms with E-state index < -0.39 is 0 Å². The summed E-state index contributed by atoms with van der Waals surface area (Å²) in [6.45, 7) is 7.35. The molecule has 0 saturated heterocycles. The molecule has 27 heavy (non-hydrogen) atoms. The number of nitrogens with one attached hydrogen (secondary N) is 1. The molecule has 0 aliphatic rings. The topological polar surface area (TPSA) is 74.6 Å². The summed E-state index contributed by atoms with van der Waals surface area (Å²) >= 11 is 0. The molecule has 0 aliphatic heterocycles. The van der Waals surface area contributed by atoms with Crippen molar-refractivity contribution >= 4 is 11.6 Å². The van der Waals surface area contributed by atoms with Crippen molar-refractivity contribution in [3.8, 4) is 17.6 Å². The maximum atomic E-state index is 12.2. The number of carbonyl (C=O) groups is 1. The van der Waals surface area contributed by atoms with Crippen molar-refractivity contribution in [1.82, 2.24) is 4.90 Å². The molecule has 0 aliphatic carbocycles. The van der Waals surface area contributed by atoms with E-state index in [0.29, 0.717) is 29.4 Å². The number of ether oxygens (including phenoxy) is 2. The van der Waals surface area contributed by atoms with E-state index in [9.17, 15) is 4.79 Å². The van der Waals surface area contributed by atoms with Gasteiger partial charge in [-0.25, -0.2) is 0 Å². The number of benzene rings is 2. The standard InChI is InChI=1S/C21H25N3O3/c1-3-24(4-2)13-14-26-20-12-8-6-10-18(20)23-21(25)16-27-19-11-7-5-9-17(19)15-22/h5-12H,3-4,13-14,16H2,1-2H3,(H,23,25). The molecule has 0 saturated carbocycles. The number of carbonyl (C=O) groups excluding carboxylic acids is 1. The molecule has 0 spiro atoms. The smallest absolute Gasteiger partial charge is 0.262 e. The zero-order chi connectivity index (χ0) is 19.5. The third kappa shape index (κ3) is 6.32. The molecule has 0 bridgehead atoms. The molecule has 1 amide bonds. The first-order valence-corrected chi connectivity index (χ1v) is 9.03. The lowest BCUT2D eigenvalue weighted by molar-refractivity contribution is -0.118. The third-order valence-corrected chi connectivity index (χ3v) is 4.09. The summed E-state index contributed by atoms with van der Waals surface area (Å²) in [6.07, 6.45) is 0. The Labute approximate surface area is 160 Å². The van der Waals surface area contributed by atoms with E-state index in [1.807, 2.05) is 24.3 Å². The molecular weight excluding hydrogens is 342 g/mol. The quantitative estimate of drug-likeness (QED) is 0.697. The zero-order valence-electron chi connectivity index (χ0n) is 15.8. The predicted octanol–water partition coefficient (Wildman–Crippen LogP) is 3.30. The number of nitriles is 1. The fourth-order valence-corrected chi connectivity index (χ4v) is 2.53. The molecule has 0 aromatic heterocycles. The Hall–Kier alpha value is -3.04. The molecule has 0 unspecified atom stereocenters. The Morgan fingerprint density at radius 3 is 2.41 bits per heavy atom. The molecule has 1 N–H and O–H groups in total. The van der Waals surface area contributed by atoms with Crippen molar-refractivity contribution in [3.63, 3.8) is 0 Å². The number of likely N-dealkylation sites (N-methyl/N-ethyl adjacent to an activating group) is 1. The van der Waals surface area contributed by atoms with Crippen molar-refractivity contribution in [1.29, 1.82) is 5.26 Å². The lowest BCUT2D eigenvalue weighted by Gasteiger charge is -2.19. The van der Waals surface area contributed by atoms with Gasteiger partial charge in [0, 0.05) is 6.54 Å². The largest absolute Gasteiger partial charge is 0.490 e. The van der Waals surface area contributed by atoms with E-state index in [1.54, 1.807) is 30.3 Å². The highest BCUT2D eigenvalue weighted by Gasteiger charge is 2.10. The van der Waals surface area contributed by atoms with Gasteiger partial charge in [-0.2, -0.15) is 5.26 Å². The third-order valence-electron chi connectivity index (χ3n) is 4.09. The Morgan fingerprint density at radius 1 is 1.04 bits per heavy atom. The van der Waals surface area contributed by atoms with E-state index in [1.165, 1.54) is 0 Å². The van der Waals surface area contributed by atoms with E-state index in [4.69, 9.17) is 14.7 Å². The highest BCUT2D eigenvalue weighted by Crippen LogP contribution is 2.24. The fraction of sp³-hybridized carbons (Fsp3) is 0.333. The van der Waals surface area contributed by atoms with Crippen LogP contribution in [0.25, 0.3) is 0 Å². The molecule has 142 valence electrons. The first-order valence-electron chi connectivity index (χ1n) is 9.03. The van der Waals surface area contributed by atoms with Crippen molar-refractivity contribution in [2.45, 2.75) is 13.8 Å². The van der Waals surface area contributed by atoms with Gasteiger partial charge in [-0.15, -0.1) is 0 Å². The van der Waals surface area contributed by atoms with Gasteiger partial charge in [-0.1, -0.05) is 38.1 Å². The lowest BCUT2D eigenvalue weighted by atomic mass is 10.2. The predicted molar refractivity (Wildman–Crippen MR) is 105 cm³/mol. The monoisotopic (exact) mass is 367 g/mol. The molecular formula is C21H25N3O3.